The SMILES string of the molecule is CC(C)(C)c1ccc(Sc2ccc(Oc3ccc(-c4ccc([OH2+])cc4)cc3)cc2)cc1. The first kappa shape index (κ1) is 21.1. The average Bonchev–Trinajstić information content (AvgIpc) is 2.76. The van der Waals surface area contributed by atoms with Gasteiger partial charge in [0.1, 0.15) is 11.5 Å². The van der Waals surface area contributed by atoms with Gasteiger partial charge in [0.25, 0.3) is 5.75 Å². The van der Waals surface area contributed by atoms with Gasteiger partial charge in [-0.2, -0.15) is 0 Å². The summed E-state index contributed by atoms with van der Waals surface area (Å²) in [4.78, 5) is 2.42. The topological polar surface area (TPSA) is 32.1 Å². The fraction of sp³-hybridized carbons (Fsp3) is 0.143. The van der Waals surface area contributed by atoms with Gasteiger partial charge in [-0.1, -0.05) is 56.8 Å². The zero-order valence-electron chi connectivity index (χ0n) is 18.1. The van der Waals surface area contributed by atoms with E-state index in [-0.39, 0.29) is 5.41 Å². The van der Waals surface area contributed by atoms with E-state index in [1.54, 1.807) is 23.9 Å². The maximum atomic E-state index is 7.60. The van der Waals surface area contributed by atoms with E-state index >= 15 is 0 Å². The van der Waals surface area contributed by atoms with Crippen molar-refractivity contribution in [2.24, 2.45) is 0 Å². The molecule has 0 atom stereocenters. The van der Waals surface area contributed by atoms with Gasteiger partial charge in [-0.3, -0.25) is 0 Å². The van der Waals surface area contributed by atoms with Crippen LogP contribution < -0.4 is 4.74 Å². The van der Waals surface area contributed by atoms with E-state index in [0.29, 0.717) is 5.75 Å². The summed E-state index contributed by atoms with van der Waals surface area (Å²) in [5.74, 6) is 2.14. The van der Waals surface area contributed by atoms with Crippen LogP contribution in [0.5, 0.6) is 17.2 Å². The second-order valence-electron chi connectivity index (χ2n) is 8.55. The standard InChI is InChI=1S/C28H26O2S/c1-28(2,3)22-8-16-26(17-9-22)31-27-18-14-25(15-19-27)30-24-12-6-21(7-13-24)20-4-10-23(29)11-5-20/h4-19,29H,1-3H3/p+1. The Labute approximate surface area is 188 Å². The predicted octanol–water partition coefficient (Wildman–Crippen LogP) is 8.03. The molecule has 3 heteroatoms. The highest BCUT2D eigenvalue weighted by Crippen LogP contribution is 2.32. The Kier molecular flexibility index (Phi) is 6.06. The summed E-state index contributed by atoms with van der Waals surface area (Å²) in [5.41, 5.74) is 3.73. The van der Waals surface area contributed by atoms with Crippen LogP contribution in [0.15, 0.2) is 107 Å². The van der Waals surface area contributed by atoms with Crippen LogP contribution in [-0.4, -0.2) is 5.11 Å². The minimum Gasteiger partial charge on any atom is -0.593 e. The molecule has 31 heavy (non-hydrogen) atoms. The number of benzene rings is 4. The third-order valence-corrected chi connectivity index (χ3v) is 6.10. The first-order valence-corrected chi connectivity index (χ1v) is 11.2. The van der Waals surface area contributed by atoms with Crippen molar-refractivity contribution in [2.75, 3.05) is 0 Å². The van der Waals surface area contributed by atoms with Crippen molar-refractivity contribution in [1.82, 2.24) is 0 Å². The Bertz CT molecular complexity index is 1120. The molecule has 0 bridgehead atoms. The van der Waals surface area contributed by atoms with Crippen LogP contribution in [0, 0.1) is 0 Å². The molecule has 0 spiro atoms. The van der Waals surface area contributed by atoms with Gasteiger partial charge in [0.15, 0.2) is 0 Å². The molecule has 4 rings (SSSR count). The minimum atomic E-state index is 0.174. The Morgan fingerprint density at radius 1 is 0.581 bits per heavy atom. The van der Waals surface area contributed by atoms with Crippen LogP contribution in [0.2, 0.25) is 0 Å². The summed E-state index contributed by atoms with van der Waals surface area (Å²) in [6.07, 6.45) is 0. The third-order valence-electron chi connectivity index (χ3n) is 5.09. The van der Waals surface area contributed by atoms with Crippen LogP contribution in [0.4, 0.5) is 0 Å². The van der Waals surface area contributed by atoms with Crippen molar-refractivity contribution in [3.05, 3.63) is 103 Å². The van der Waals surface area contributed by atoms with Crippen LogP contribution in [-0.2, 0) is 5.41 Å². The molecule has 0 aliphatic rings. The van der Waals surface area contributed by atoms with Crippen molar-refractivity contribution in [3.63, 3.8) is 0 Å². The fourth-order valence-corrected chi connectivity index (χ4v) is 4.07. The summed E-state index contributed by atoms with van der Waals surface area (Å²) < 4.78 is 6.01. The van der Waals surface area contributed by atoms with Gasteiger partial charge >= 0.3 is 0 Å². The Morgan fingerprint density at radius 2 is 1.00 bits per heavy atom. The van der Waals surface area contributed by atoms with Gasteiger partial charge in [0.2, 0.25) is 0 Å². The maximum Gasteiger partial charge on any atom is 0.253 e. The molecule has 156 valence electrons. The fourth-order valence-electron chi connectivity index (χ4n) is 3.25. The van der Waals surface area contributed by atoms with Gasteiger partial charge in [0, 0.05) is 21.9 Å². The highest BCUT2D eigenvalue weighted by molar-refractivity contribution is 7.99. The lowest BCUT2D eigenvalue weighted by Gasteiger charge is -2.19. The van der Waals surface area contributed by atoms with Gasteiger partial charge in [-0.25, -0.2) is 0 Å². The molecular formula is C28H27O2S+. The van der Waals surface area contributed by atoms with Crippen molar-refractivity contribution in [3.8, 4) is 28.4 Å². The van der Waals surface area contributed by atoms with E-state index in [9.17, 15) is 0 Å². The molecule has 0 unspecified atom stereocenters. The molecule has 2 N–H and O–H groups in total. The summed E-state index contributed by atoms with van der Waals surface area (Å²) in [6.45, 7) is 6.70. The molecule has 4 aromatic rings. The zero-order valence-corrected chi connectivity index (χ0v) is 18.9. The first-order valence-electron chi connectivity index (χ1n) is 10.4. The smallest absolute Gasteiger partial charge is 0.253 e. The lowest BCUT2D eigenvalue weighted by Crippen LogP contribution is -2.10. The summed E-state index contributed by atoms with van der Waals surface area (Å²) in [5, 5.41) is 7.60. The molecule has 0 aliphatic carbocycles. The molecule has 0 aliphatic heterocycles. The Morgan fingerprint density at radius 3 is 1.48 bits per heavy atom. The normalized spacial score (nSPS) is 11.3. The van der Waals surface area contributed by atoms with Gasteiger partial charge in [0.05, 0.1) is 0 Å². The summed E-state index contributed by atoms with van der Waals surface area (Å²) in [6, 6.07) is 32.6. The lowest BCUT2D eigenvalue weighted by atomic mass is 9.87. The number of hydrogen-bond donors (Lipinski definition) is 0. The molecule has 0 amide bonds. The minimum absolute atomic E-state index is 0.174. The van der Waals surface area contributed by atoms with E-state index in [4.69, 9.17) is 9.84 Å². The number of hydrogen-bond acceptors (Lipinski definition) is 2. The second kappa shape index (κ2) is 8.91. The molecule has 0 aromatic heterocycles. The van der Waals surface area contributed by atoms with Crippen LogP contribution in [0.25, 0.3) is 11.1 Å². The molecule has 0 radical (unpaired) electrons. The van der Waals surface area contributed by atoms with E-state index in [0.717, 1.165) is 22.6 Å². The predicted molar refractivity (Wildman–Crippen MR) is 131 cm³/mol. The van der Waals surface area contributed by atoms with Crippen molar-refractivity contribution in [2.45, 2.75) is 36.0 Å². The Balaban J connectivity index is 1.38. The van der Waals surface area contributed by atoms with Gasteiger partial charge < -0.3 is 9.84 Å². The molecule has 0 fully saturated rings. The van der Waals surface area contributed by atoms with Crippen molar-refractivity contribution >= 4 is 11.8 Å². The monoisotopic (exact) mass is 427 g/mol. The van der Waals surface area contributed by atoms with E-state index in [1.807, 2.05) is 48.5 Å². The maximum absolute atomic E-state index is 7.60. The number of ether oxygens (including phenoxy) is 1. The average molecular weight is 428 g/mol. The molecular weight excluding hydrogens is 400 g/mol. The van der Waals surface area contributed by atoms with Crippen LogP contribution >= 0.6 is 11.8 Å². The van der Waals surface area contributed by atoms with Crippen molar-refractivity contribution in [1.29, 1.82) is 0 Å². The van der Waals surface area contributed by atoms with Crippen LogP contribution in [0.3, 0.4) is 0 Å². The van der Waals surface area contributed by atoms with Gasteiger partial charge in [-0.15, -0.1) is 0 Å². The largest absolute Gasteiger partial charge is 0.593 e. The zero-order chi connectivity index (χ0) is 21.8. The Hall–Kier alpha value is -3.17. The highest BCUT2D eigenvalue weighted by atomic mass is 32.2. The molecule has 4 aromatic carbocycles. The first-order chi connectivity index (χ1) is 14.9. The van der Waals surface area contributed by atoms with E-state index in [2.05, 4.69) is 57.2 Å². The van der Waals surface area contributed by atoms with Crippen molar-refractivity contribution < 1.29 is 9.84 Å². The summed E-state index contributed by atoms with van der Waals surface area (Å²) in [7, 11) is 0. The quantitative estimate of drug-likeness (QED) is 0.302. The lowest BCUT2D eigenvalue weighted by molar-refractivity contribution is 0.475. The second-order valence-corrected chi connectivity index (χ2v) is 9.70. The molecule has 2 nitrogen and oxygen atoms in total. The molecule has 0 saturated heterocycles. The molecule has 0 saturated carbocycles. The van der Waals surface area contributed by atoms with E-state index in [1.165, 1.54) is 15.4 Å². The molecule has 0 heterocycles. The van der Waals surface area contributed by atoms with Crippen LogP contribution in [0.1, 0.15) is 26.3 Å². The van der Waals surface area contributed by atoms with E-state index < -0.39 is 0 Å². The third kappa shape index (κ3) is 5.50. The van der Waals surface area contributed by atoms with Gasteiger partial charge in [-0.05, 0) is 82.8 Å². The summed E-state index contributed by atoms with van der Waals surface area (Å²) >= 11 is 1.75. The highest BCUT2D eigenvalue weighted by Gasteiger charge is 2.13. The number of rotatable bonds is 5.